The first-order chi connectivity index (χ1) is 9.70. The predicted octanol–water partition coefficient (Wildman–Crippen LogP) is 2.96. The number of hydrogen-bond acceptors (Lipinski definition) is 4. The number of thiophene rings is 1. The van der Waals surface area contributed by atoms with Crippen LogP contribution < -0.4 is 5.56 Å². The lowest BCUT2D eigenvalue weighted by molar-refractivity contribution is 0.737. The summed E-state index contributed by atoms with van der Waals surface area (Å²) in [5.74, 6) is 0.575. The van der Waals surface area contributed by atoms with E-state index < -0.39 is 0 Å². The number of nitrogens with zero attached hydrogens (tertiary/aromatic N) is 3. The predicted molar refractivity (Wildman–Crippen MR) is 79.7 cm³/mol. The van der Waals surface area contributed by atoms with E-state index in [4.69, 9.17) is 5.26 Å². The second-order valence-electron chi connectivity index (χ2n) is 4.40. The average Bonchev–Trinajstić information content (AvgIpc) is 2.88. The lowest BCUT2D eigenvalue weighted by Gasteiger charge is -2.03. The average molecular weight is 281 g/mol. The zero-order valence-corrected chi connectivity index (χ0v) is 11.6. The highest BCUT2D eigenvalue weighted by Gasteiger charge is 2.12. The summed E-state index contributed by atoms with van der Waals surface area (Å²) >= 11 is 1.50. The number of nitriles is 1. The molecule has 0 bridgehead atoms. The smallest absolute Gasteiger partial charge is 0.263 e. The van der Waals surface area contributed by atoms with Crippen LogP contribution in [0.5, 0.6) is 0 Å². The molecule has 0 aliphatic heterocycles. The maximum absolute atomic E-state index is 12.4. The standard InChI is InChI=1S/C15H11N3OS/c1-10-17-14-12(15(19)18(10)8-7-16)9-13(20-14)11-5-3-2-4-6-11/h2-6,9H,8H2,1H3. The molecular formula is C15H11N3OS. The van der Waals surface area contributed by atoms with E-state index >= 15 is 0 Å². The number of rotatable bonds is 2. The molecule has 0 amide bonds. The van der Waals surface area contributed by atoms with Crippen molar-refractivity contribution in [1.29, 1.82) is 5.26 Å². The molecule has 0 aliphatic rings. The summed E-state index contributed by atoms with van der Waals surface area (Å²) in [4.78, 5) is 18.5. The SMILES string of the molecule is Cc1nc2sc(-c3ccccc3)cc2c(=O)n1CC#N. The molecule has 20 heavy (non-hydrogen) atoms. The Morgan fingerprint density at radius 2 is 2.10 bits per heavy atom. The Labute approximate surface area is 119 Å². The normalized spacial score (nSPS) is 10.6. The summed E-state index contributed by atoms with van der Waals surface area (Å²) in [5.41, 5.74) is 0.923. The van der Waals surface area contributed by atoms with Crippen molar-refractivity contribution >= 4 is 21.6 Å². The number of benzene rings is 1. The van der Waals surface area contributed by atoms with Gasteiger partial charge in [-0.15, -0.1) is 11.3 Å². The first-order valence-corrected chi connectivity index (χ1v) is 6.95. The monoisotopic (exact) mass is 281 g/mol. The molecule has 1 aromatic carbocycles. The van der Waals surface area contributed by atoms with Crippen LogP contribution in [0.25, 0.3) is 20.7 Å². The van der Waals surface area contributed by atoms with Crippen LogP contribution in [0.3, 0.4) is 0 Å². The molecule has 0 saturated heterocycles. The Balaban J connectivity index is 2.25. The molecule has 98 valence electrons. The molecule has 5 heteroatoms. The quantitative estimate of drug-likeness (QED) is 0.725. The Morgan fingerprint density at radius 3 is 2.80 bits per heavy atom. The van der Waals surface area contributed by atoms with Crippen molar-refractivity contribution in [2.75, 3.05) is 0 Å². The van der Waals surface area contributed by atoms with Gasteiger partial charge in [-0.1, -0.05) is 30.3 Å². The van der Waals surface area contributed by atoms with Crippen LogP contribution in [0.15, 0.2) is 41.2 Å². The summed E-state index contributed by atoms with van der Waals surface area (Å²) in [6.07, 6.45) is 0. The number of aryl methyl sites for hydroxylation is 1. The van der Waals surface area contributed by atoms with Crippen LogP contribution in [0.1, 0.15) is 5.82 Å². The van der Waals surface area contributed by atoms with Crippen LogP contribution >= 0.6 is 11.3 Å². The molecule has 4 nitrogen and oxygen atoms in total. The minimum atomic E-state index is -0.146. The fourth-order valence-electron chi connectivity index (χ4n) is 2.12. The molecule has 0 N–H and O–H groups in total. The van der Waals surface area contributed by atoms with E-state index in [0.29, 0.717) is 11.2 Å². The zero-order valence-electron chi connectivity index (χ0n) is 10.8. The maximum Gasteiger partial charge on any atom is 0.263 e. The molecule has 0 saturated carbocycles. The van der Waals surface area contributed by atoms with Gasteiger partial charge in [-0.2, -0.15) is 5.26 Å². The van der Waals surface area contributed by atoms with E-state index in [9.17, 15) is 4.79 Å². The second-order valence-corrected chi connectivity index (χ2v) is 5.43. The van der Waals surface area contributed by atoms with Gasteiger partial charge in [0.15, 0.2) is 0 Å². The minimum absolute atomic E-state index is 0.0319. The molecule has 3 aromatic rings. The summed E-state index contributed by atoms with van der Waals surface area (Å²) in [6.45, 7) is 1.78. The van der Waals surface area contributed by atoms with Crippen molar-refractivity contribution in [3.8, 4) is 16.5 Å². The molecule has 3 rings (SSSR count). The number of aromatic nitrogens is 2. The highest BCUT2D eigenvalue weighted by molar-refractivity contribution is 7.21. The molecule has 0 radical (unpaired) electrons. The molecule has 0 fully saturated rings. The van der Waals surface area contributed by atoms with Gasteiger partial charge in [-0.25, -0.2) is 4.98 Å². The first kappa shape index (κ1) is 12.6. The summed E-state index contributed by atoms with van der Waals surface area (Å²) in [6, 6.07) is 13.8. The van der Waals surface area contributed by atoms with Gasteiger partial charge < -0.3 is 0 Å². The third-order valence-electron chi connectivity index (χ3n) is 3.13. The summed E-state index contributed by atoms with van der Waals surface area (Å²) in [7, 11) is 0. The Kier molecular flexibility index (Phi) is 3.09. The summed E-state index contributed by atoms with van der Waals surface area (Å²) < 4.78 is 1.41. The molecule has 0 atom stereocenters. The Bertz CT molecular complexity index is 872. The first-order valence-electron chi connectivity index (χ1n) is 6.14. The third-order valence-corrected chi connectivity index (χ3v) is 4.21. The van der Waals surface area contributed by atoms with E-state index in [1.165, 1.54) is 15.9 Å². The minimum Gasteiger partial charge on any atom is -0.282 e. The fraction of sp³-hybridized carbons (Fsp3) is 0.133. The number of hydrogen-bond donors (Lipinski definition) is 0. The lowest BCUT2D eigenvalue weighted by atomic mass is 10.2. The third kappa shape index (κ3) is 2.00. The van der Waals surface area contributed by atoms with E-state index in [-0.39, 0.29) is 12.1 Å². The van der Waals surface area contributed by atoms with Crippen molar-refractivity contribution in [1.82, 2.24) is 9.55 Å². The van der Waals surface area contributed by atoms with Crippen LogP contribution in [0.4, 0.5) is 0 Å². The van der Waals surface area contributed by atoms with Crippen molar-refractivity contribution in [3.05, 3.63) is 52.6 Å². The van der Waals surface area contributed by atoms with Crippen molar-refractivity contribution in [2.45, 2.75) is 13.5 Å². The lowest BCUT2D eigenvalue weighted by Crippen LogP contribution is -2.22. The van der Waals surface area contributed by atoms with Crippen LogP contribution in [0.2, 0.25) is 0 Å². The van der Waals surface area contributed by atoms with E-state index in [1.807, 2.05) is 42.5 Å². The Morgan fingerprint density at radius 1 is 1.35 bits per heavy atom. The number of fused-ring (bicyclic) bond motifs is 1. The van der Waals surface area contributed by atoms with Gasteiger partial charge in [-0.05, 0) is 18.6 Å². The van der Waals surface area contributed by atoms with Gasteiger partial charge in [0.25, 0.3) is 5.56 Å². The molecule has 0 unspecified atom stereocenters. The molecular weight excluding hydrogens is 270 g/mol. The largest absolute Gasteiger partial charge is 0.282 e. The van der Waals surface area contributed by atoms with Gasteiger partial charge in [0, 0.05) is 4.88 Å². The second kappa shape index (κ2) is 4.91. The van der Waals surface area contributed by atoms with Crippen LogP contribution in [0, 0.1) is 18.3 Å². The highest BCUT2D eigenvalue weighted by Crippen LogP contribution is 2.30. The van der Waals surface area contributed by atoms with Gasteiger partial charge in [0.1, 0.15) is 17.2 Å². The van der Waals surface area contributed by atoms with E-state index in [0.717, 1.165) is 15.3 Å². The van der Waals surface area contributed by atoms with Gasteiger partial charge in [0.05, 0.1) is 11.5 Å². The van der Waals surface area contributed by atoms with E-state index in [2.05, 4.69) is 4.98 Å². The topological polar surface area (TPSA) is 58.7 Å². The molecule has 2 aromatic heterocycles. The maximum atomic E-state index is 12.4. The highest BCUT2D eigenvalue weighted by atomic mass is 32.1. The van der Waals surface area contributed by atoms with Gasteiger partial charge in [-0.3, -0.25) is 9.36 Å². The van der Waals surface area contributed by atoms with Crippen LogP contribution in [-0.2, 0) is 6.54 Å². The van der Waals surface area contributed by atoms with Crippen molar-refractivity contribution < 1.29 is 0 Å². The van der Waals surface area contributed by atoms with Gasteiger partial charge in [0.2, 0.25) is 0 Å². The van der Waals surface area contributed by atoms with Crippen molar-refractivity contribution in [3.63, 3.8) is 0 Å². The zero-order chi connectivity index (χ0) is 14.1. The molecule has 2 heterocycles. The van der Waals surface area contributed by atoms with Crippen molar-refractivity contribution in [2.24, 2.45) is 0 Å². The summed E-state index contributed by atoms with van der Waals surface area (Å²) in [5, 5.41) is 9.37. The Hall–Kier alpha value is -2.45. The fourth-order valence-corrected chi connectivity index (χ4v) is 3.19. The van der Waals surface area contributed by atoms with E-state index in [1.54, 1.807) is 6.92 Å². The van der Waals surface area contributed by atoms with Crippen LogP contribution in [-0.4, -0.2) is 9.55 Å². The molecule has 0 aliphatic carbocycles. The van der Waals surface area contributed by atoms with Gasteiger partial charge >= 0.3 is 0 Å². The molecule has 0 spiro atoms.